The maximum absolute atomic E-state index is 12.2. The Kier molecular flexibility index (Phi) is 5.78. The Morgan fingerprint density at radius 1 is 1.31 bits per heavy atom. The monoisotopic (exact) mass is 386 g/mol. The fourth-order valence-electron chi connectivity index (χ4n) is 2.49. The number of rotatable bonds is 6. The second-order valence-corrected chi connectivity index (χ2v) is 8.29. The van der Waals surface area contributed by atoms with Gasteiger partial charge in [0.15, 0.2) is 11.0 Å². The first-order chi connectivity index (χ1) is 12.5. The maximum atomic E-state index is 12.2. The Labute approximate surface area is 161 Å². The Hall–Kier alpha value is -2.12. The van der Waals surface area contributed by atoms with Gasteiger partial charge in [-0.2, -0.15) is 0 Å². The van der Waals surface area contributed by atoms with Crippen LogP contribution in [0.3, 0.4) is 0 Å². The van der Waals surface area contributed by atoms with Gasteiger partial charge < -0.3 is 9.88 Å². The van der Waals surface area contributed by atoms with Gasteiger partial charge in [-0.1, -0.05) is 43.8 Å². The predicted octanol–water partition coefficient (Wildman–Crippen LogP) is 4.71. The highest BCUT2D eigenvalue weighted by molar-refractivity contribution is 7.99. The van der Waals surface area contributed by atoms with E-state index in [1.54, 1.807) is 11.3 Å². The Balaban J connectivity index is 1.65. The van der Waals surface area contributed by atoms with Gasteiger partial charge in [-0.25, -0.2) is 0 Å². The molecule has 136 valence electrons. The normalized spacial score (nSPS) is 11.1. The van der Waals surface area contributed by atoms with E-state index in [1.807, 2.05) is 42.8 Å². The number of benzene rings is 1. The van der Waals surface area contributed by atoms with Gasteiger partial charge in [-0.15, -0.1) is 21.5 Å². The molecule has 0 saturated heterocycles. The zero-order valence-corrected chi connectivity index (χ0v) is 16.9. The van der Waals surface area contributed by atoms with Crippen LogP contribution in [0.5, 0.6) is 0 Å². The summed E-state index contributed by atoms with van der Waals surface area (Å²) in [6.07, 6.45) is 0. The summed E-state index contributed by atoms with van der Waals surface area (Å²) in [6.45, 7) is 6.34. The minimum absolute atomic E-state index is 0.0496. The smallest absolute Gasteiger partial charge is 0.234 e. The summed E-state index contributed by atoms with van der Waals surface area (Å²) in [5, 5.41) is 14.3. The van der Waals surface area contributed by atoms with Crippen LogP contribution in [-0.2, 0) is 11.8 Å². The van der Waals surface area contributed by atoms with Crippen molar-refractivity contribution < 1.29 is 4.79 Å². The van der Waals surface area contributed by atoms with E-state index >= 15 is 0 Å². The van der Waals surface area contributed by atoms with Crippen molar-refractivity contribution in [2.24, 2.45) is 7.05 Å². The summed E-state index contributed by atoms with van der Waals surface area (Å²) in [4.78, 5) is 13.5. The molecule has 0 bridgehead atoms. The van der Waals surface area contributed by atoms with Crippen LogP contribution < -0.4 is 5.32 Å². The first-order valence-corrected chi connectivity index (χ1v) is 10.3. The zero-order chi connectivity index (χ0) is 18.7. The molecule has 0 radical (unpaired) electrons. The lowest BCUT2D eigenvalue weighted by molar-refractivity contribution is -0.113. The van der Waals surface area contributed by atoms with Crippen LogP contribution in [0, 0.1) is 6.92 Å². The average molecular weight is 387 g/mol. The summed E-state index contributed by atoms with van der Waals surface area (Å²) < 4.78 is 1.94. The number of carbonyl (C=O) groups is 1. The molecule has 0 aliphatic carbocycles. The van der Waals surface area contributed by atoms with Gasteiger partial charge in [0.1, 0.15) is 0 Å². The predicted molar refractivity (Wildman–Crippen MR) is 109 cm³/mol. The van der Waals surface area contributed by atoms with E-state index in [1.165, 1.54) is 16.6 Å². The number of nitrogens with one attached hydrogen (secondary N) is 1. The SMILES string of the molecule is Cc1ccccc1NC(=O)CSc1nnc(-c2csc(C(C)C)c2)n1C. The molecule has 3 rings (SSSR count). The molecule has 26 heavy (non-hydrogen) atoms. The Bertz CT molecular complexity index is 914. The summed E-state index contributed by atoms with van der Waals surface area (Å²) in [6, 6.07) is 9.91. The van der Waals surface area contributed by atoms with Crippen molar-refractivity contribution in [1.29, 1.82) is 0 Å². The number of amides is 1. The van der Waals surface area contributed by atoms with Crippen molar-refractivity contribution in [3.05, 3.63) is 46.2 Å². The molecular weight excluding hydrogens is 364 g/mol. The highest BCUT2D eigenvalue weighted by atomic mass is 32.2. The Morgan fingerprint density at radius 3 is 2.77 bits per heavy atom. The van der Waals surface area contributed by atoms with Gasteiger partial charge in [0.05, 0.1) is 5.75 Å². The van der Waals surface area contributed by atoms with Crippen LogP contribution in [-0.4, -0.2) is 26.4 Å². The number of hydrogen-bond acceptors (Lipinski definition) is 5. The molecule has 0 fully saturated rings. The molecule has 0 atom stereocenters. The molecule has 0 spiro atoms. The highest BCUT2D eigenvalue weighted by Gasteiger charge is 2.15. The van der Waals surface area contributed by atoms with Gasteiger partial charge in [-0.3, -0.25) is 4.79 Å². The van der Waals surface area contributed by atoms with Gasteiger partial charge in [0, 0.05) is 28.6 Å². The molecule has 7 heteroatoms. The number of para-hydroxylation sites is 1. The number of carbonyl (C=O) groups excluding carboxylic acids is 1. The van der Waals surface area contributed by atoms with Crippen molar-refractivity contribution in [2.45, 2.75) is 31.8 Å². The zero-order valence-electron chi connectivity index (χ0n) is 15.3. The minimum atomic E-state index is -0.0496. The molecule has 0 unspecified atom stereocenters. The van der Waals surface area contributed by atoms with Gasteiger partial charge >= 0.3 is 0 Å². The van der Waals surface area contributed by atoms with Crippen LogP contribution in [0.15, 0.2) is 40.9 Å². The van der Waals surface area contributed by atoms with Crippen LogP contribution >= 0.6 is 23.1 Å². The topological polar surface area (TPSA) is 59.8 Å². The second kappa shape index (κ2) is 8.05. The number of nitrogens with zero attached hydrogens (tertiary/aromatic N) is 3. The molecule has 1 N–H and O–H groups in total. The summed E-state index contributed by atoms with van der Waals surface area (Å²) in [5.74, 6) is 1.57. The van der Waals surface area contributed by atoms with Crippen LogP contribution in [0.2, 0.25) is 0 Å². The molecule has 2 heterocycles. The first kappa shape index (κ1) is 18.7. The molecule has 1 amide bonds. The Morgan fingerprint density at radius 2 is 2.08 bits per heavy atom. The number of hydrogen-bond donors (Lipinski definition) is 1. The standard InChI is InChI=1S/C19H22N4OS2/c1-12(2)16-9-14(10-25-16)18-21-22-19(23(18)4)26-11-17(24)20-15-8-6-5-7-13(15)3/h5-10,12H,11H2,1-4H3,(H,20,24). The van der Waals surface area contributed by atoms with E-state index in [0.29, 0.717) is 11.7 Å². The summed E-state index contributed by atoms with van der Waals surface area (Å²) in [5.41, 5.74) is 2.96. The summed E-state index contributed by atoms with van der Waals surface area (Å²) >= 11 is 3.13. The van der Waals surface area contributed by atoms with Crippen molar-refractivity contribution in [3.63, 3.8) is 0 Å². The third-order valence-electron chi connectivity index (χ3n) is 4.03. The quantitative estimate of drug-likeness (QED) is 0.624. The molecule has 1 aromatic carbocycles. The molecular formula is C19H22N4OS2. The number of aryl methyl sites for hydroxylation is 1. The molecule has 5 nitrogen and oxygen atoms in total. The number of thiophene rings is 1. The van der Waals surface area contributed by atoms with E-state index in [0.717, 1.165) is 27.8 Å². The largest absolute Gasteiger partial charge is 0.325 e. The lowest BCUT2D eigenvalue weighted by Crippen LogP contribution is -2.15. The lowest BCUT2D eigenvalue weighted by atomic mass is 10.1. The third-order valence-corrected chi connectivity index (χ3v) is 6.29. The van der Waals surface area contributed by atoms with E-state index in [-0.39, 0.29) is 5.91 Å². The van der Waals surface area contributed by atoms with Gasteiger partial charge in [0.2, 0.25) is 5.91 Å². The van der Waals surface area contributed by atoms with Gasteiger partial charge in [-0.05, 0) is 30.5 Å². The average Bonchev–Trinajstić information content (AvgIpc) is 3.22. The molecule has 0 aliphatic heterocycles. The molecule has 3 aromatic rings. The molecule has 0 aliphatic rings. The van der Waals surface area contributed by atoms with Crippen molar-refractivity contribution in [1.82, 2.24) is 14.8 Å². The minimum Gasteiger partial charge on any atom is -0.325 e. The number of anilines is 1. The molecule has 2 aromatic heterocycles. The fraction of sp³-hybridized carbons (Fsp3) is 0.316. The number of aromatic nitrogens is 3. The number of thioether (sulfide) groups is 1. The van der Waals surface area contributed by atoms with Crippen molar-refractivity contribution in [3.8, 4) is 11.4 Å². The second-order valence-electron chi connectivity index (χ2n) is 6.41. The van der Waals surface area contributed by atoms with Crippen molar-refractivity contribution in [2.75, 3.05) is 11.1 Å². The van der Waals surface area contributed by atoms with E-state index in [4.69, 9.17) is 0 Å². The maximum Gasteiger partial charge on any atom is 0.234 e. The van der Waals surface area contributed by atoms with E-state index < -0.39 is 0 Å². The molecule has 0 saturated carbocycles. The lowest BCUT2D eigenvalue weighted by Gasteiger charge is -2.07. The fourth-order valence-corrected chi connectivity index (χ4v) is 4.11. The first-order valence-electron chi connectivity index (χ1n) is 8.42. The van der Waals surface area contributed by atoms with Crippen LogP contribution in [0.25, 0.3) is 11.4 Å². The van der Waals surface area contributed by atoms with Crippen LogP contribution in [0.1, 0.15) is 30.2 Å². The van der Waals surface area contributed by atoms with E-state index in [2.05, 4.69) is 40.8 Å². The third kappa shape index (κ3) is 4.16. The van der Waals surface area contributed by atoms with E-state index in [9.17, 15) is 4.79 Å². The highest BCUT2D eigenvalue weighted by Crippen LogP contribution is 2.30. The summed E-state index contributed by atoms with van der Waals surface area (Å²) in [7, 11) is 1.93. The van der Waals surface area contributed by atoms with Gasteiger partial charge in [0.25, 0.3) is 0 Å². The van der Waals surface area contributed by atoms with Crippen molar-refractivity contribution >= 4 is 34.7 Å². The van der Waals surface area contributed by atoms with Crippen LogP contribution in [0.4, 0.5) is 5.69 Å².